The van der Waals surface area contributed by atoms with Crippen LogP contribution in [0, 0.1) is 0 Å². The first-order chi connectivity index (χ1) is 11.5. The lowest BCUT2D eigenvalue weighted by Gasteiger charge is -2.18. The molecule has 0 heterocycles. The SMILES string of the molecule is C[C@H](C[C@H](C)c1ccccc1O)OC(=O)C(=[N+]=[N-])c1ccccc1. The number of rotatable bonds is 6. The number of para-hydroxylation sites is 1. The van der Waals surface area contributed by atoms with E-state index in [4.69, 9.17) is 10.3 Å². The van der Waals surface area contributed by atoms with Crippen molar-refractivity contribution in [2.45, 2.75) is 32.3 Å². The van der Waals surface area contributed by atoms with E-state index in [0.717, 1.165) is 5.56 Å². The van der Waals surface area contributed by atoms with Crippen LogP contribution >= 0.6 is 0 Å². The van der Waals surface area contributed by atoms with Crippen LogP contribution in [0.2, 0.25) is 0 Å². The zero-order chi connectivity index (χ0) is 17.5. The Kier molecular flexibility index (Phi) is 5.88. The molecule has 0 aliphatic heterocycles. The van der Waals surface area contributed by atoms with Crippen molar-refractivity contribution in [3.05, 3.63) is 71.3 Å². The molecular weight excluding hydrogens is 304 g/mol. The molecule has 5 nitrogen and oxygen atoms in total. The van der Waals surface area contributed by atoms with Crippen LogP contribution in [0.5, 0.6) is 5.75 Å². The van der Waals surface area contributed by atoms with Gasteiger partial charge in [0, 0.05) is 0 Å². The van der Waals surface area contributed by atoms with Gasteiger partial charge in [-0.2, -0.15) is 4.79 Å². The Morgan fingerprint density at radius 2 is 1.75 bits per heavy atom. The van der Waals surface area contributed by atoms with E-state index in [2.05, 4.69) is 4.79 Å². The van der Waals surface area contributed by atoms with Crippen LogP contribution in [0.1, 0.15) is 37.3 Å². The van der Waals surface area contributed by atoms with Crippen molar-refractivity contribution in [3.8, 4) is 5.75 Å². The highest BCUT2D eigenvalue weighted by molar-refractivity contribution is 6.40. The Labute approximate surface area is 141 Å². The van der Waals surface area contributed by atoms with Gasteiger partial charge in [0.2, 0.25) is 0 Å². The van der Waals surface area contributed by atoms with Crippen LogP contribution < -0.4 is 0 Å². The average molecular weight is 324 g/mol. The summed E-state index contributed by atoms with van der Waals surface area (Å²) < 4.78 is 5.38. The Bertz CT molecular complexity index is 752. The second-order valence-electron chi connectivity index (χ2n) is 5.73. The summed E-state index contributed by atoms with van der Waals surface area (Å²) in [5, 5.41) is 9.89. The molecule has 0 unspecified atom stereocenters. The van der Waals surface area contributed by atoms with E-state index in [1.165, 1.54) is 0 Å². The van der Waals surface area contributed by atoms with E-state index in [0.29, 0.717) is 12.0 Å². The summed E-state index contributed by atoms with van der Waals surface area (Å²) in [7, 11) is 0. The molecule has 1 N–H and O–H groups in total. The maximum atomic E-state index is 12.2. The van der Waals surface area contributed by atoms with Gasteiger partial charge in [-0.25, -0.2) is 4.79 Å². The lowest BCUT2D eigenvalue weighted by molar-refractivity contribution is -0.144. The van der Waals surface area contributed by atoms with Crippen LogP contribution in [-0.2, 0) is 9.53 Å². The topological polar surface area (TPSA) is 82.9 Å². The molecule has 0 spiro atoms. The molecule has 2 atom stereocenters. The molecule has 2 rings (SSSR count). The molecule has 2 aromatic carbocycles. The van der Waals surface area contributed by atoms with Crippen molar-refractivity contribution < 1.29 is 19.4 Å². The normalized spacial score (nSPS) is 12.8. The smallest absolute Gasteiger partial charge is 0.422 e. The molecular formula is C19H20N2O3. The lowest BCUT2D eigenvalue weighted by atomic mass is 9.94. The number of ether oxygens (including phenoxy) is 1. The van der Waals surface area contributed by atoms with E-state index in [1.54, 1.807) is 49.4 Å². The van der Waals surface area contributed by atoms with E-state index >= 15 is 0 Å². The highest BCUT2D eigenvalue weighted by Gasteiger charge is 2.27. The molecule has 0 fully saturated rings. The van der Waals surface area contributed by atoms with Crippen molar-refractivity contribution in [2.75, 3.05) is 0 Å². The van der Waals surface area contributed by atoms with Crippen molar-refractivity contribution in [3.63, 3.8) is 0 Å². The molecule has 5 heteroatoms. The largest absolute Gasteiger partial charge is 0.508 e. The van der Waals surface area contributed by atoms with E-state index in [9.17, 15) is 9.90 Å². The maximum absolute atomic E-state index is 12.2. The number of aromatic hydroxyl groups is 1. The Morgan fingerprint density at radius 3 is 2.38 bits per heavy atom. The lowest BCUT2D eigenvalue weighted by Crippen LogP contribution is -2.25. The third kappa shape index (κ3) is 4.31. The van der Waals surface area contributed by atoms with Crippen LogP contribution in [-0.4, -0.2) is 27.7 Å². The quantitative estimate of drug-likeness (QED) is 0.382. The third-order valence-corrected chi connectivity index (χ3v) is 3.80. The molecule has 0 aromatic heterocycles. The molecule has 0 amide bonds. The summed E-state index contributed by atoms with van der Waals surface area (Å²) in [6, 6.07) is 15.7. The monoisotopic (exact) mass is 324 g/mol. The van der Waals surface area contributed by atoms with Gasteiger partial charge in [-0.1, -0.05) is 43.3 Å². The van der Waals surface area contributed by atoms with Gasteiger partial charge in [-0.15, -0.1) is 0 Å². The average Bonchev–Trinajstić information content (AvgIpc) is 2.56. The summed E-state index contributed by atoms with van der Waals surface area (Å²) in [5.41, 5.74) is 10.3. The van der Waals surface area contributed by atoms with Crippen molar-refractivity contribution in [1.29, 1.82) is 0 Å². The molecule has 0 saturated carbocycles. The summed E-state index contributed by atoms with van der Waals surface area (Å²) >= 11 is 0. The first-order valence-corrected chi connectivity index (χ1v) is 7.79. The highest BCUT2D eigenvalue weighted by atomic mass is 16.5. The van der Waals surface area contributed by atoms with E-state index < -0.39 is 12.1 Å². The maximum Gasteiger partial charge on any atom is 0.422 e. The predicted octanol–water partition coefficient (Wildman–Crippen LogP) is 3.54. The minimum absolute atomic E-state index is 0.0141. The number of hydrogen-bond acceptors (Lipinski definition) is 3. The number of esters is 1. The van der Waals surface area contributed by atoms with Crippen LogP contribution in [0.4, 0.5) is 0 Å². The molecule has 0 radical (unpaired) electrons. The van der Waals surface area contributed by atoms with Gasteiger partial charge in [-0.3, -0.25) is 0 Å². The fraction of sp³-hybridized carbons (Fsp3) is 0.263. The highest BCUT2D eigenvalue weighted by Crippen LogP contribution is 2.29. The van der Waals surface area contributed by atoms with Gasteiger partial charge in [0.1, 0.15) is 11.9 Å². The van der Waals surface area contributed by atoms with Crippen molar-refractivity contribution >= 4 is 11.7 Å². The first kappa shape index (κ1) is 17.4. The van der Waals surface area contributed by atoms with Crippen LogP contribution in [0.25, 0.3) is 5.53 Å². The summed E-state index contributed by atoms with van der Waals surface area (Å²) in [5.74, 6) is -0.439. The van der Waals surface area contributed by atoms with E-state index in [-0.39, 0.29) is 17.4 Å². The van der Waals surface area contributed by atoms with Crippen LogP contribution in [0.15, 0.2) is 54.6 Å². The number of phenolic OH excluding ortho intramolecular Hbond substituents is 1. The van der Waals surface area contributed by atoms with Gasteiger partial charge < -0.3 is 15.4 Å². The number of nitrogens with zero attached hydrogens (tertiary/aromatic N) is 2. The molecule has 0 aliphatic carbocycles. The third-order valence-electron chi connectivity index (χ3n) is 3.80. The van der Waals surface area contributed by atoms with Gasteiger partial charge in [0.15, 0.2) is 0 Å². The van der Waals surface area contributed by atoms with Gasteiger partial charge in [-0.05, 0) is 43.0 Å². The fourth-order valence-corrected chi connectivity index (χ4v) is 2.63. The van der Waals surface area contributed by atoms with Gasteiger partial charge >= 0.3 is 11.7 Å². The number of phenols is 1. The molecule has 0 saturated heterocycles. The fourth-order valence-electron chi connectivity index (χ4n) is 2.63. The van der Waals surface area contributed by atoms with Crippen molar-refractivity contribution in [1.82, 2.24) is 0 Å². The molecule has 0 bridgehead atoms. The Hall–Kier alpha value is -2.91. The van der Waals surface area contributed by atoms with Crippen LogP contribution in [0.3, 0.4) is 0 Å². The second-order valence-corrected chi connectivity index (χ2v) is 5.73. The Balaban J connectivity index is 2.01. The van der Waals surface area contributed by atoms with E-state index in [1.807, 2.05) is 19.1 Å². The Morgan fingerprint density at radius 1 is 1.12 bits per heavy atom. The minimum Gasteiger partial charge on any atom is -0.508 e. The number of hydrogen-bond donors (Lipinski definition) is 1. The zero-order valence-electron chi connectivity index (χ0n) is 13.7. The summed E-state index contributed by atoms with van der Waals surface area (Å²) in [6.07, 6.45) is 0.143. The van der Waals surface area contributed by atoms with Gasteiger partial charge in [0.05, 0.1) is 5.56 Å². The first-order valence-electron chi connectivity index (χ1n) is 7.79. The molecule has 124 valence electrons. The number of carbonyl (C=O) groups excluding carboxylic acids is 1. The van der Waals surface area contributed by atoms with Crippen molar-refractivity contribution in [2.24, 2.45) is 0 Å². The summed E-state index contributed by atoms with van der Waals surface area (Å²) in [6.45, 7) is 3.73. The molecule has 24 heavy (non-hydrogen) atoms. The molecule has 2 aromatic rings. The standard InChI is InChI=1S/C19H20N2O3/c1-13(16-10-6-7-11-17(16)22)12-14(2)24-19(23)18(21-20)15-8-4-3-5-9-15/h3-11,13-14,22H,12H2,1-2H3/t13-,14+/m0/s1. The second kappa shape index (κ2) is 8.09. The number of benzene rings is 2. The van der Waals surface area contributed by atoms with Gasteiger partial charge in [0.25, 0.3) is 0 Å². The summed E-state index contributed by atoms with van der Waals surface area (Å²) in [4.78, 5) is 15.3. The zero-order valence-corrected chi connectivity index (χ0v) is 13.7. The molecule has 0 aliphatic rings. The number of carbonyl (C=O) groups is 1. The minimum atomic E-state index is -0.680. The predicted molar refractivity (Wildman–Crippen MR) is 90.9 cm³/mol.